The highest BCUT2D eigenvalue weighted by atomic mass is 32.2. The number of sulfonamides is 1. The molecule has 1 fully saturated rings. The maximum atomic E-state index is 11.2. The van der Waals surface area contributed by atoms with Gasteiger partial charge in [0.1, 0.15) is 0 Å². The molecule has 0 bridgehead atoms. The molecule has 1 aliphatic heterocycles. The lowest BCUT2D eigenvalue weighted by molar-refractivity contribution is 0.185. The molecule has 21 heavy (non-hydrogen) atoms. The summed E-state index contributed by atoms with van der Waals surface area (Å²) in [5, 5.41) is 0. The van der Waals surface area contributed by atoms with Crippen LogP contribution in [0.2, 0.25) is 0 Å². The minimum absolute atomic E-state index is 0.440. The van der Waals surface area contributed by atoms with Crippen LogP contribution in [0, 0.1) is 5.92 Å². The normalized spacial score (nSPS) is 20.5. The molecule has 1 aromatic rings. The molecule has 2 rings (SSSR count). The third kappa shape index (κ3) is 6.82. The summed E-state index contributed by atoms with van der Waals surface area (Å²) in [4.78, 5) is 3.76. The van der Waals surface area contributed by atoms with E-state index in [1.54, 1.807) is 0 Å². The second kappa shape index (κ2) is 8.17. The number of piperidine rings is 1. The highest BCUT2D eigenvalue weighted by Gasteiger charge is 2.20. The van der Waals surface area contributed by atoms with Crippen molar-refractivity contribution in [3.05, 3.63) is 30.3 Å². The van der Waals surface area contributed by atoms with Crippen molar-refractivity contribution >= 4 is 21.8 Å². The maximum Gasteiger partial charge on any atom is 0.208 e. The Hall–Kier alpha value is -0.560. The van der Waals surface area contributed by atoms with Gasteiger partial charge in [-0.2, -0.15) is 0 Å². The van der Waals surface area contributed by atoms with Crippen LogP contribution in [0.3, 0.4) is 0 Å². The van der Waals surface area contributed by atoms with Gasteiger partial charge in [0.2, 0.25) is 10.0 Å². The Labute approximate surface area is 132 Å². The fourth-order valence-electron chi connectivity index (χ4n) is 2.60. The standard InChI is InChI=1S/C15H24N2O2S2/c1-21(18,19)16-12-14-6-5-9-17(13-14)10-11-20-15-7-3-2-4-8-15/h2-4,7-8,14,16H,5-6,9-13H2,1H3. The minimum atomic E-state index is -3.07. The van der Waals surface area contributed by atoms with Gasteiger partial charge in [-0.1, -0.05) is 18.2 Å². The van der Waals surface area contributed by atoms with Crippen LogP contribution in [0.4, 0.5) is 0 Å². The molecule has 0 saturated carbocycles. The molecular weight excluding hydrogens is 304 g/mol. The lowest BCUT2D eigenvalue weighted by atomic mass is 9.98. The van der Waals surface area contributed by atoms with Gasteiger partial charge in [0.05, 0.1) is 6.26 Å². The van der Waals surface area contributed by atoms with E-state index in [0.29, 0.717) is 12.5 Å². The molecular formula is C15H24N2O2S2. The first-order chi connectivity index (χ1) is 10.0. The van der Waals surface area contributed by atoms with E-state index in [1.165, 1.54) is 11.2 Å². The van der Waals surface area contributed by atoms with Gasteiger partial charge >= 0.3 is 0 Å². The molecule has 0 radical (unpaired) electrons. The van der Waals surface area contributed by atoms with E-state index in [0.717, 1.165) is 38.2 Å². The van der Waals surface area contributed by atoms with Crippen LogP contribution in [0.25, 0.3) is 0 Å². The molecule has 1 atom stereocenters. The molecule has 0 spiro atoms. The van der Waals surface area contributed by atoms with Crippen LogP contribution in [-0.2, 0) is 10.0 Å². The predicted molar refractivity (Wildman–Crippen MR) is 89.2 cm³/mol. The van der Waals surface area contributed by atoms with Gasteiger partial charge in [-0.3, -0.25) is 0 Å². The lowest BCUT2D eigenvalue weighted by Gasteiger charge is -2.32. The van der Waals surface area contributed by atoms with Crippen molar-refractivity contribution in [2.45, 2.75) is 17.7 Å². The molecule has 4 nitrogen and oxygen atoms in total. The average Bonchev–Trinajstić information content (AvgIpc) is 2.46. The number of hydrogen-bond acceptors (Lipinski definition) is 4. The Bertz CT molecular complexity index is 520. The molecule has 1 aliphatic rings. The van der Waals surface area contributed by atoms with Crippen molar-refractivity contribution in [1.29, 1.82) is 0 Å². The van der Waals surface area contributed by atoms with E-state index in [4.69, 9.17) is 0 Å². The number of hydrogen-bond donors (Lipinski definition) is 1. The van der Waals surface area contributed by atoms with Crippen molar-refractivity contribution in [1.82, 2.24) is 9.62 Å². The molecule has 1 heterocycles. The third-order valence-electron chi connectivity index (χ3n) is 3.66. The van der Waals surface area contributed by atoms with Gasteiger partial charge in [-0.05, 0) is 37.4 Å². The Morgan fingerprint density at radius 1 is 1.33 bits per heavy atom. The van der Waals surface area contributed by atoms with Crippen LogP contribution in [0.15, 0.2) is 35.2 Å². The summed E-state index contributed by atoms with van der Waals surface area (Å²) in [6.07, 6.45) is 3.50. The summed E-state index contributed by atoms with van der Waals surface area (Å²) >= 11 is 1.88. The van der Waals surface area contributed by atoms with Crippen molar-refractivity contribution in [2.75, 3.05) is 38.2 Å². The van der Waals surface area contributed by atoms with Gasteiger partial charge in [-0.25, -0.2) is 13.1 Å². The SMILES string of the molecule is CS(=O)(=O)NCC1CCCN(CCSc2ccccc2)C1. The lowest BCUT2D eigenvalue weighted by Crippen LogP contribution is -2.41. The monoisotopic (exact) mass is 328 g/mol. The topological polar surface area (TPSA) is 49.4 Å². The highest BCUT2D eigenvalue weighted by Crippen LogP contribution is 2.19. The van der Waals surface area contributed by atoms with Gasteiger partial charge in [0.15, 0.2) is 0 Å². The summed E-state index contributed by atoms with van der Waals surface area (Å²) in [5.41, 5.74) is 0. The van der Waals surface area contributed by atoms with Gasteiger partial charge in [0.25, 0.3) is 0 Å². The Morgan fingerprint density at radius 2 is 2.10 bits per heavy atom. The van der Waals surface area contributed by atoms with Crippen molar-refractivity contribution in [3.8, 4) is 0 Å². The fourth-order valence-corrected chi connectivity index (χ4v) is 4.07. The summed E-state index contributed by atoms with van der Waals surface area (Å²) < 4.78 is 24.9. The molecule has 1 aromatic carbocycles. The van der Waals surface area contributed by atoms with Crippen LogP contribution >= 0.6 is 11.8 Å². The first-order valence-electron chi connectivity index (χ1n) is 7.38. The Morgan fingerprint density at radius 3 is 2.81 bits per heavy atom. The third-order valence-corrected chi connectivity index (χ3v) is 5.34. The smallest absolute Gasteiger partial charge is 0.208 e. The number of benzene rings is 1. The van der Waals surface area contributed by atoms with Crippen molar-refractivity contribution < 1.29 is 8.42 Å². The van der Waals surface area contributed by atoms with E-state index in [2.05, 4.69) is 33.9 Å². The molecule has 1 unspecified atom stereocenters. The number of thioether (sulfide) groups is 1. The summed E-state index contributed by atoms with van der Waals surface area (Å²) in [6, 6.07) is 10.4. The van der Waals surface area contributed by atoms with Gasteiger partial charge < -0.3 is 4.90 Å². The zero-order valence-corrected chi connectivity index (χ0v) is 14.1. The van der Waals surface area contributed by atoms with Crippen LogP contribution in [0.5, 0.6) is 0 Å². The van der Waals surface area contributed by atoms with Crippen LogP contribution < -0.4 is 4.72 Å². The molecule has 0 aromatic heterocycles. The molecule has 1 N–H and O–H groups in total. The van der Waals surface area contributed by atoms with E-state index >= 15 is 0 Å². The first kappa shape index (κ1) is 16.8. The second-order valence-electron chi connectivity index (χ2n) is 5.59. The van der Waals surface area contributed by atoms with E-state index in [-0.39, 0.29) is 0 Å². The highest BCUT2D eigenvalue weighted by molar-refractivity contribution is 7.99. The minimum Gasteiger partial charge on any atom is -0.302 e. The van der Waals surface area contributed by atoms with Crippen molar-refractivity contribution in [2.24, 2.45) is 5.92 Å². The average molecular weight is 329 g/mol. The zero-order valence-electron chi connectivity index (χ0n) is 12.5. The Balaban J connectivity index is 1.69. The first-order valence-corrected chi connectivity index (χ1v) is 10.3. The molecule has 0 amide bonds. The van der Waals surface area contributed by atoms with Crippen molar-refractivity contribution in [3.63, 3.8) is 0 Å². The molecule has 6 heteroatoms. The fraction of sp³-hybridized carbons (Fsp3) is 0.600. The summed E-state index contributed by atoms with van der Waals surface area (Å²) in [6.45, 7) is 3.76. The second-order valence-corrected chi connectivity index (χ2v) is 8.59. The van der Waals surface area contributed by atoms with E-state index in [9.17, 15) is 8.42 Å². The van der Waals surface area contributed by atoms with E-state index in [1.807, 2.05) is 17.8 Å². The van der Waals surface area contributed by atoms with Gasteiger partial charge in [0, 0.05) is 30.3 Å². The summed E-state index contributed by atoms with van der Waals surface area (Å²) in [5.74, 6) is 1.52. The van der Waals surface area contributed by atoms with Crippen LogP contribution in [-0.4, -0.2) is 51.5 Å². The molecule has 1 saturated heterocycles. The number of nitrogens with zero attached hydrogens (tertiary/aromatic N) is 1. The Kier molecular flexibility index (Phi) is 6.54. The zero-order chi connectivity index (χ0) is 15.1. The van der Waals surface area contributed by atoms with E-state index < -0.39 is 10.0 Å². The number of likely N-dealkylation sites (tertiary alicyclic amines) is 1. The molecule has 0 aliphatic carbocycles. The van der Waals surface area contributed by atoms with Gasteiger partial charge in [-0.15, -0.1) is 11.8 Å². The maximum absolute atomic E-state index is 11.2. The van der Waals surface area contributed by atoms with Crippen LogP contribution in [0.1, 0.15) is 12.8 Å². The number of rotatable bonds is 7. The molecule has 118 valence electrons. The summed E-state index contributed by atoms with van der Waals surface area (Å²) in [7, 11) is -3.07. The quantitative estimate of drug-likeness (QED) is 0.778. The number of nitrogens with one attached hydrogen (secondary N) is 1. The predicted octanol–water partition coefficient (Wildman–Crippen LogP) is 2.04. The largest absolute Gasteiger partial charge is 0.302 e.